The molecule has 0 spiro atoms. The lowest BCUT2D eigenvalue weighted by Crippen LogP contribution is -2.40. The summed E-state index contributed by atoms with van der Waals surface area (Å²) < 4.78 is 19.0. The molecule has 0 saturated carbocycles. The third-order valence-corrected chi connectivity index (χ3v) is 9.08. The van der Waals surface area contributed by atoms with Crippen LogP contribution in [-0.4, -0.2) is 24.7 Å². The summed E-state index contributed by atoms with van der Waals surface area (Å²) in [5.74, 6) is 1.29. The molecule has 2 heterocycles. The fourth-order valence-corrected chi connectivity index (χ4v) is 6.63. The molecule has 0 saturated heterocycles. The zero-order valence-electron chi connectivity index (χ0n) is 26.8. The van der Waals surface area contributed by atoms with E-state index in [1.807, 2.05) is 79.7 Å². The van der Waals surface area contributed by atoms with Crippen molar-refractivity contribution in [1.29, 1.82) is 5.26 Å². The number of nitriles is 1. The lowest BCUT2D eigenvalue weighted by molar-refractivity contribution is -0.113. The molecule has 0 aliphatic carbocycles. The maximum atomic E-state index is 14.2. The quantitative estimate of drug-likeness (QED) is 0.219. The van der Waals surface area contributed by atoms with E-state index in [2.05, 4.69) is 11.4 Å². The summed E-state index contributed by atoms with van der Waals surface area (Å²) in [6, 6.07) is 29.0. The number of ether oxygens (including phenoxy) is 3. The van der Waals surface area contributed by atoms with E-state index in [0.29, 0.717) is 54.7 Å². The highest BCUT2D eigenvalue weighted by Crippen LogP contribution is 2.36. The highest BCUT2D eigenvalue weighted by molar-refractivity contribution is 7.07. The Morgan fingerprint density at radius 3 is 2.44 bits per heavy atom. The first kappa shape index (κ1) is 32.0. The topological polar surface area (TPSA) is 115 Å². The van der Waals surface area contributed by atoms with Gasteiger partial charge in [-0.2, -0.15) is 5.26 Å². The predicted molar refractivity (Wildman–Crippen MR) is 185 cm³/mol. The second-order valence-corrected chi connectivity index (χ2v) is 12.1. The number of para-hydroxylation sites is 1. The number of methoxy groups -OCH3 is 2. The van der Waals surface area contributed by atoms with Gasteiger partial charge in [0.15, 0.2) is 16.3 Å². The number of carbonyl (C=O) groups excluding carboxylic acids is 1. The largest absolute Gasteiger partial charge is 0.493 e. The van der Waals surface area contributed by atoms with Crippen LogP contribution in [0.25, 0.3) is 6.08 Å². The standard InChI is InChI=1S/C38H32N4O5S/c1-23-9-5-8-12-30(23)41-36(43)34-24(2)40-38-42(35(34)26-15-18-31(45-3)32(20-26)46-4)37(44)33(48-38)19-25-13-16-29(17-14-25)47-22-28-11-7-6-10-27(28)21-39/h5-20,35H,22H2,1-4H3,(H,41,43)/b33-19+/t35-/m1/s1. The van der Waals surface area contributed by atoms with Crippen molar-refractivity contribution in [2.24, 2.45) is 4.99 Å². The van der Waals surface area contributed by atoms with Crippen molar-refractivity contribution >= 4 is 29.0 Å². The van der Waals surface area contributed by atoms with Crippen LogP contribution in [0.15, 0.2) is 112 Å². The average molecular weight is 657 g/mol. The van der Waals surface area contributed by atoms with Crippen LogP contribution in [0.4, 0.5) is 5.69 Å². The normalized spacial score (nSPS) is 14.1. The number of carbonyl (C=O) groups is 1. The minimum absolute atomic E-state index is 0.261. The zero-order valence-corrected chi connectivity index (χ0v) is 27.6. The minimum atomic E-state index is -0.778. The SMILES string of the molecule is COc1ccc([C@@H]2C(C(=O)Nc3ccccc3C)=C(C)N=c3s/c(=C/c4ccc(OCc5ccccc5C#N)cc4)c(=O)n32)cc1OC. The third-order valence-electron chi connectivity index (χ3n) is 8.09. The number of rotatable bonds is 9. The van der Waals surface area contributed by atoms with Gasteiger partial charge in [0.05, 0.1) is 47.7 Å². The Labute approximate surface area is 281 Å². The second kappa shape index (κ2) is 13.8. The van der Waals surface area contributed by atoms with Crippen LogP contribution in [0.1, 0.15) is 40.8 Å². The van der Waals surface area contributed by atoms with Gasteiger partial charge in [-0.25, -0.2) is 4.99 Å². The van der Waals surface area contributed by atoms with Crippen molar-refractivity contribution in [3.8, 4) is 23.3 Å². The van der Waals surface area contributed by atoms with Crippen LogP contribution in [0.2, 0.25) is 0 Å². The van der Waals surface area contributed by atoms with E-state index in [9.17, 15) is 14.9 Å². The molecule has 1 aliphatic rings. The van der Waals surface area contributed by atoms with E-state index in [-0.39, 0.29) is 18.1 Å². The van der Waals surface area contributed by atoms with Gasteiger partial charge < -0.3 is 19.5 Å². The first-order chi connectivity index (χ1) is 23.3. The average Bonchev–Trinajstić information content (AvgIpc) is 3.41. The Bertz CT molecular complexity index is 2280. The number of amides is 1. The van der Waals surface area contributed by atoms with Crippen molar-refractivity contribution in [3.63, 3.8) is 0 Å². The molecule has 1 N–H and O–H groups in total. The van der Waals surface area contributed by atoms with Crippen molar-refractivity contribution in [3.05, 3.63) is 150 Å². The number of aromatic nitrogens is 1. The molecule has 48 heavy (non-hydrogen) atoms. The maximum absolute atomic E-state index is 14.2. The Hall–Kier alpha value is -5.92. The van der Waals surface area contributed by atoms with Crippen LogP contribution in [0, 0.1) is 18.3 Å². The summed E-state index contributed by atoms with van der Waals surface area (Å²) in [6.07, 6.45) is 1.80. The number of nitrogens with zero attached hydrogens (tertiary/aromatic N) is 3. The number of anilines is 1. The third kappa shape index (κ3) is 6.36. The van der Waals surface area contributed by atoms with Gasteiger partial charge in [-0.15, -0.1) is 0 Å². The van der Waals surface area contributed by atoms with Gasteiger partial charge in [-0.3, -0.25) is 14.2 Å². The van der Waals surface area contributed by atoms with E-state index >= 15 is 0 Å². The molecule has 1 aliphatic heterocycles. The second-order valence-electron chi connectivity index (χ2n) is 11.1. The van der Waals surface area contributed by atoms with Crippen LogP contribution < -0.4 is 34.4 Å². The summed E-state index contributed by atoms with van der Waals surface area (Å²) in [6.45, 7) is 3.96. The molecule has 10 heteroatoms. The van der Waals surface area contributed by atoms with Gasteiger partial charge >= 0.3 is 0 Å². The number of fused-ring (bicyclic) bond motifs is 1. The Balaban J connectivity index is 1.38. The first-order valence-corrected chi connectivity index (χ1v) is 15.9. The predicted octanol–water partition coefficient (Wildman–Crippen LogP) is 5.65. The lowest BCUT2D eigenvalue weighted by Gasteiger charge is -2.26. The van der Waals surface area contributed by atoms with Crippen LogP contribution in [0.5, 0.6) is 17.2 Å². The molecule has 1 aromatic heterocycles. The summed E-state index contributed by atoms with van der Waals surface area (Å²) in [7, 11) is 3.10. The smallest absolute Gasteiger partial charge is 0.271 e. The van der Waals surface area contributed by atoms with Gasteiger partial charge in [0, 0.05) is 11.3 Å². The minimum Gasteiger partial charge on any atom is -0.493 e. The Morgan fingerprint density at radius 2 is 1.71 bits per heavy atom. The molecule has 240 valence electrons. The molecule has 0 fully saturated rings. The number of nitrogens with one attached hydrogen (secondary N) is 1. The molecule has 0 radical (unpaired) electrons. The molecule has 1 amide bonds. The fraction of sp³-hybridized carbons (Fsp3) is 0.158. The van der Waals surface area contributed by atoms with E-state index in [0.717, 1.165) is 16.7 Å². The number of aryl methyl sites for hydroxylation is 1. The lowest BCUT2D eigenvalue weighted by atomic mass is 9.94. The number of allylic oxidation sites excluding steroid dienone is 1. The highest BCUT2D eigenvalue weighted by atomic mass is 32.1. The molecule has 4 aromatic carbocycles. The van der Waals surface area contributed by atoms with E-state index in [1.165, 1.54) is 11.3 Å². The summed E-state index contributed by atoms with van der Waals surface area (Å²) >= 11 is 1.26. The zero-order chi connectivity index (χ0) is 33.8. The maximum Gasteiger partial charge on any atom is 0.271 e. The molecule has 6 rings (SSSR count). The Kier molecular flexibility index (Phi) is 9.23. The van der Waals surface area contributed by atoms with Gasteiger partial charge in [0.2, 0.25) is 0 Å². The molecular formula is C38H32N4O5S. The molecule has 1 atom stereocenters. The molecule has 5 aromatic rings. The van der Waals surface area contributed by atoms with Crippen LogP contribution >= 0.6 is 11.3 Å². The van der Waals surface area contributed by atoms with E-state index < -0.39 is 6.04 Å². The van der Waals surface area contributed by atoms with Crippen molar-refractivity contribution in [2.75, 3.05) is 19.5 Å². The van der Waals surface area contributed by atoms with Crippen molar-refractivity contribution in [1.82, 2.24) is 4.57 Å². The number of benzene rings is 4. The fourth-order valence-electron chi connectivity index (χ4n) is 5.58. The van der Waals surface area contributed by atoms with Crippen LogP contribution in [0.3, 0.4) is 0 Å². The van der Waals surface area contributed by atoms with E-state index in [1.54, 1.807) is 50.0 Å². The number of thiazole rings is 1. The number of hydrogen-bond donors (Lipinski definition) is 1. The highest BCUT2D eigenvalue weighted by Gasteiger charge is 2.33. The number of hydrogen-bond acceptors (Lipinski definition) is 8. The van der Waals surface area contributed by atoms with Crippen molar-refractivity contribution < 1.29 is 19.0 Å². The summed E-state index contributed by atoms with van der Waals surface area (Å²) in [5, 5.41) is 12.4. The molecule has 0 unspecified atom stereocenters. The van der Waals surface area contributed by atoms with Gasteiger partial charge in [0.25, 0.3) is 11.5 Å². The van der Waals surface area contributed by atoms with Crippen molar-refractivity contribution in [2.45, 2.75) is 26.5 Å². The van der Waals surface area contributed by atoms with Gasteiger partial charge in [-0.05, 0) is 73.0 Å². The van der Waals surface area contributed by atoms with Gasteiger partial charge in [0.1, 0.15) is 12.4 Å². The molecule has 9 nitrogen and oxygen atoms in total. The van der Waals surface area contributed by atoms with Crippen LogP contribution in [-0.2, 0) is 11.4 Å². The molecule has 0 bridgehead atoms. The Morgan fingerprint density at radius 1 is 0.979 bits per heavy atom. The van der Waals surface area contributed by atoms with E-state index in [4.69, 9.17) is 19.2 Å². The first-order valence-electron chi connectivity index (χ1n) is 15.1. The molecular weight excluding hydrogens is 625 g/mol. The summed E-state index contributed by atoms with van der Waals surface area (Å²) in [4.78, 5) is 33.4. The monoisotopic (exact) mass is 656 g/mol. The van der Waals surface area contributed by atoms with Gasteiger partial charge in [-0.1, -0.05) is 65.9 Å². The summed E-state index contributed by atoms with van der Waals surface area (Å²) in [5.41, 5.74) is 5.00.